The second-order valence-corrected chi connectivity index (χ2v) is 5.52. The molecule has 1 saturated heterocycles. The molecule has 1 N–H and O–H groups in total. The van der Waals surface area contributed by atoms with Crippen molar-refractivity contribution < 1.29 is 0 Å². The van der Waals surface area contributed by atoms with E-state index in [1.807, 2.05) is 0 Å². The zero-order valence-electron chi connectivity index (χ0n) is 12.5. The van der Waals surface area contributed by atoms with Crippen LogP contribution in [-0.4, -0.2) is 55.1 Å². The van der Waals surface area contributed by atoms with Crippen molar-refractivity contribution in [2.24, 2.45) is 0 Å². The molecule has 3 nitrogen and oxygen atoms in total. The Morgan fingerprint density at radius 1 is 1.26 bits per heavy atom. The number of likely N-dealkylation sites (N-methyl/N-ethyl adjacent to an activating group) is 1. The molecule has 3 heteroatoms. The van der Waals surface area contributed by atoms with Gasteiger partial charge in [0.2, 0.25) is 0 Å². The first-order valence-corrected chi connectivity index (χ1v) is 7.46. The number of anilines is 1. The zero-order valence-corrected chi connectivity index (χ0v) is 12.5. The van der Waals surface area contributed by atoms with Crippen LogP contribution in [0.5, 0.6) is 0 Å². The maximum absolute atomic E-state index is 3.54. The van der Waals surface area contributed by atoms with Gasteiger partial charge in [0.1, 0.15) is 0 Å². The van der Waals surface area contributed by atoms with Gasteiger partial charge in [0.15, 0.2) is 0 Å². The van der Waals surface area contributed by atoms with Crippen molar-refractivity contribution in [2.45, 2.75) is 26.8 Å². The number of rotatable bonds is 5. The lowest BCUT2D eigenvalue weighted by Gasteiger charge is -2.39. The van der Waals surface area contributed by atoms with Crippen LogP contribution in [0, 0.1) is 6.92 Å². The third-order valence-corrected chi connectivity index (χ3v) is 4.14. The normalized spacial score (nSPS) is 21.5. The van der Waals surface area contributed by atoms with E-state index in [1.54, 1.807) is 0 Å². The molecule has 0 bridgehead atoms. The number of piperazine rings is 1. The third kappa shape index (κ3) is 3.95. The molecule has 0 saturated carbocycles. The minimum Gasteiger partial charge on any atom is -0.384 e. The largest absolute Gasteiger partial charge is 0.384 e. The Bertz CT molecular complexity index is 391. The van der Waals surface area contributed by atoms with E-state index in [0.717, 1.165) is 13.1 Å². The predicted octanol–water partition coefficient (Wildman–Crippen LogP) is 2.43. The van der Waals surface area contributed by atoms with E-state index in [-0.39, 0.29) is 0 Å². The Morgan fingerprint density at radius 2 is 2.05 bits per heavy atom. The van der Waals surface area contributed by atoms with Crippen molar-refractivity contribution in [3.8, 4) is 0 Å². The highest BCUT2D eigenvalue weighted by molar-refractivity contribution is 5.50. The van der Waals surface area contributed by atoms with Crippen molar-refractivity contribution in [1.29, 1.82) is 0 Å². The van der Waals surface area contributed by atoms with Crippen LogP contribution in [-0.2, 0) is 0 Å². The molecule has 2 rings (SSSR count). The van der Waals surface area contributed by atoms with Gasteiger partial charge in [0.25, 0.3) is 0 Å². The van der Waals surface area contributed by atoms with Crippen LogP contribution in [0.15, 0.2) is 24.3 Å². The quantitative estimate of drug-likeness (QED) is 0.878. The lowest BCUT2D eigenvalue weighted by atomic mass is 10.2. The van der Waals surface area contributed by atoms with Crippen LogP contribution in [0.25, 0.3) is 0 Å². The van der Waals surface area contributed by atoms with Crippen LogP contribution >= 0.6 is 0 Å². The molecular weight excluding hydrogens is 234 g/mol. The van der Waals surface area contributed by atoms with Crippen LogP contribution in [0.2, 0.25) is 0 Å². The van der Waals surface area contributed by atoms with Crippen LogP contribution < -0.4 is 5.32 Å². The molecule has 19 heavy (non-hydrogen) atoms. The molecule has 1 aliphatic rings. The SMILES string of the molecule is CCN1CCN(CCNc2ccccc2C)CC1C. The zero-order chi connectivity index (χ0) is 13.7. The Morgan fingerprint density at radius 3 is 2.74 bits per heavy atom. The first kappa shape index (κ1) is 14.4. The molecule has 1 aliphatic heterocycles. The maximum atomic E-state index is 3.54. The number of nitrogens with zero attached hydrogens (tertiary/aromatic N) is 2. The number of aryl methyl sites for hydroxylation is 1. The molecule has 1 unspecified atom stereocenters. The van der Waals surface area contributed by atoms with E-state index < -0.39 is 0 Å². The highest BCUT2D eigenvalue weighted by Crippen LogP contribution is 2.13. The summed E-state index contributed by atoms with van der Waals surface area (Å²) in [4.78, 5) is 5.13. The number of benzene rings is 1. The van der Waals surface area contributed by atoms with Gasteiger partial charge in [0.05, 0.1) is 0 Å². The second-order valence-electron chi connectivity index (χ2n) is 5.52. The molecule has 0 aliphatic carbocycles. The Balaban J connectivity index is 1.74. The van der Waals surface area contributed by atoms with E-state index in [9.17, 15) is 0 Å². The van der Waals surface area contributed by atoms with Crippen LogP contribution in [0.1, 0.15) is 19.4 Å². The standard InChI is InChI=1S/C16H27N3/c1-4-19-12-11-18(13-15(19)3)10-9-17-16-8-6-5-7-14(16)2/h5-8,15,17H,4,9-13H2,1-3H3. The van der Waals surface area contributed by atoms with Gasteiger partial charge in [-0.1, -0.05) is 25.1 Å². The first-order valence-electron chi connectivity index (χ1n) is 7.46. The van der Waals surface area contributed by atoms with Gasteiger partial charge in [-0.05, 0) is 32.0 Å². The summed E-state index contributed by atoms with van der Waals surface area (Å²) in [6.07, 6.45) is 0. The summed E-state index contributed by atoms with van der Waals surface area (Å²) in [5.74, 6) is 0. The molecule has 0 spiro atoms. The van der Waals surface area contributed by atoms with Gasteiger partial charge in [-0.25, -0.2) is 0 Å². The summed E-state index contributed by atoms with van der Waals surface area (Å²) in [5.41, 5.74) is 2.59. The molecule has 1 aromatic rings. The average Bonchev–Trinajstić information content (AvgIpc) is 2.41. The summed E-state index contributed by atoms with van der Waals surface area (Å²) >= 11 is 0. The van der Waals surface area contributed by atoms with Crippen molar-refractivity contribution in [2.75, 3.05) is 44.6 Å². The maximum Gasteiger partial charge on any atom is 0.0370 e. The Labute approximate surface area is 117 Å². The van der Waals surface area contributed by atoms with Gasteiger partial charge in [-0.3, -0.25) is 9.80 Å². The minimum absolute atomic E-state index is 0.692. The number of hydrogen-bond acceptors (Lipinski definition) is 3. The van der Waals surface area contributed by atoms with Gasteiger partial charge < -0.3 is 5.32 Å². The van der Waals surface area contributed by atoms with E-state index in [0.29, 0.717) is 6.04 Å². The van der Waals surface area contributed by atoms with Gasteiger partial charge in [0, 0.05) is 44.5 Å². The summed E-state index contributed by atoms with van der Waals surface area (Å²) in [7, 11) is 0. The molecule has 106 valence electrons. The molecule has 1 aromatic carbocycles. The Kier molecular flexibility index (Phi) is 5.23. The lowest BCUT2D eigenvalue weighted by Crippen LogP contribution is -2.52. The van der Waals surface area contributed by atoms with E-state index >= 15 is 0 Å². The summed E-state index contributed by atoms with van der Waals surface area (Å²) in [6.45, 7) is 13.7. The monoisotopic (exact) mass is 261 g/mol. The highest BCUT2D eigenvalue weighted by Gasteiger charge is 2.21. The van der Waals surface area contributed by atoms with Crippen molar-refractivity contribution in [3.05, 3.63) is 29.8 Å². The van der Waals surface area contributed by atoms with Gasteiger partial charge >= 0.3 is 0 Å². The molecule has 1 atom stereocenters. The predicted molar refractivity (Wildman–Crippen MR) is 82.8 cm³/mol. The molecule has 1 heterocycles. The van der Waals surface area contributed by atoms with E-state index in [2.05, 4.69) is 60.2 Å². The van der Waals surface area contributed by atoms with Crippen LogP contribution in [0.4, 0.5) is 5.69 Å². The lowest BCUT2D eigenvalue weighted by molar-refractivity contribution is 0.0910. The van der Waals surface area contributed by atoms with Crippen molar-refractivity contribution >= 4 is 5.69 Å². The molecule has 0 radical (unpaired) electrons. The van der Waals surface area contributed by atoms with Crippen LogP contribution in [0.3, 0.4) is 0 Å². The number of nitrogens with one attached hydrogen (secondary N) is 1. The van der Waals surface area contributed by atoms with E-state index in [1.165, 1.54) is 37.4 Å². The number of para-hydroxylation sites is 1. The van der Waals surface area contributed by atoms with Crippen molar-refractivity contribution in [1.82, 2.24) is 9.80 Å². The smallest absolute Gasteiger partial charge is 0.0370 e. The summed E-state index contributed by atoms with van der Waals surface area (Å²) in [5, 5.41) is 3.54. The highest BCUT2D eigenvalue weighted by atomic mass is 15.3. The first-order chi connectivity index (χ1) is 9.20. The minimum atomic E-state index is 0.692. The average molecular weight is 261 g/mol. The molecule has 0 amide bonds. The fourth-order valence-corrected chi connectivity index (χ4v) is 2.86. The molecular formula is C16H27N3. The van der Waals surface area contributed by atoms with Crippen molar-refractivity contribution in [3.63, 3.8) is 0 Å². The van der Waals surface area contributed by atoms with E-state index in [4.69, 9.17) is 0 Å². The molecule has 0 aromatic heterocycles. The second kappa shape index (κ2) is 6.92. The third-order valence-electron chi connectivity index (χ3n) is 4.14. The van der Waals surface area contributed by atoms with Gasteiger partial charge in [-0.15, -0.1) is 0 Å². The fourth-order valence-electron chi connectivity index (χ4n) is 2.86. The summed E-state index contributed by atoms with van der Waals surface area (Å²) in [6, 6.07) is 9.19. The Hall–Kier alpha value is -1.06. The summed E-state index contributed by atoms with van der Waals surface area (Å²) < 4.78 is 0. The topological polar surface area (TPSA) is 18.5 Å². The molecule has 1 fully saturated rings. The van der Waals surface area contributed by atoms with Gasteiger partial charge in [-0.2, -0.15) is 0 Å². The number of hydrogen-bond donors (Lipinski definition) is 1. The fraction of sp³-hybridized carbons (Fsp3) is 0.625.